The van der Waals surface area contributed by atoms with Crippen molar-refractivity contribution in [3.05, 3.63) is 60.2 Å². The van der Waals surface area contributed by atoms with Crippen LogP contribution in [0.3, 0.4) is 0 Å². The number of rotatable bonds is 4. The predicted octanol–water partition coefficient (Wildman–Crippen LogP) is 3.52. The van der Waals surface area contributed by atoms with Crippen LogP contribution in [0.25, 0.3) is 11.1 Å². The average Bonchev–Trinajstić information content (AvgIpc) is 3.16. The van der Waals surface area contributed by atoms with E-state index in [0.717, 1.165) is 37.1 Å². The van der Waals surface area contributed by atoms with E-state index in [1.807, 2.05) is 42.5 Å². The molecule has 1 fully saturated rings. The van der Waals surface area contributed by atoms with Gasteiger partial charge in [0.1, 0.15) is 0 Å². The molecule has 1 aliphatic heterocycles. The Bertz CT molecular complexity index is 703. The normalized spacial score (nSPS) is 15.1. The molecule has 0 radical (unpaired) electrons. The van der Waals surface area contributed by atoms with Gasteiger partial charge in [-0.1, -0.05) is 42.5 Å². The van der Waals surface area contributed by atoms with Gasteiger partial charge in [0.15, 0.2) is 6.10 Å². The minimum absolute atomic E-state index is 0.109. The summed E-state index contributed by atoms with van der Waals surface area (Å²) in [6, 6.07) is 17.2. The Kier molecular flexibility index (Phi) is 4.94. The van der Waals surface area contributed by atoms with Gasteiger partial charge in [-0.05, 0) is 43.0 Å². The summed E-state index contributed by atoms with van der Waals surface area (Å²) in [6.45, 7) is 3.15. The molecule has 0 aromatic heterocycles. The zero-order valence-corrected chi connectivity index (χ0v) is 13.8. The predicted molar refractivity (Wildman–Crippen MR) is 92.6 cm³/mol. The minimum atomic E-state index is -0.746. The highest BCUT2D eigenvalue weighted by Gasteiger charge is 2.26. The molecule has 124 valence electrons. The standard InChI is InChI=1S/C20H21NO3/c1-15(19(22)21-13-5-6-14-21)24-20(23)18-11-9-17(10-12-18)16-7-3-2-4-8-16/h2-4,7-12,15H,5-6,13-14H2,1H3. The second-order valence-corrected chi connectivity index (χ2v) is 6.02. The molecular formula is C20H21NO3. The van der Waals surface area contributed by atoms with Crippen molar-refractivity contribution in [2.75, 3.05) is 13.1 Å². The van der Waals surface area contributed by atoms with Gasteiger partial charge in [0.25, 0.3) is 5.91 Å². The lowest BCUT2D eigenvalue weighted by molar-refractivity contribution is -0.138. The number of nitrogens with zero attached hydrogens (tertiary/aromatic N) is 1. The Labute approximate surface area is 142 Å². The Morgan fingerprint density at radius 3 is 2.12 bits per heavy atom. The summed E-state index contributed by atoms with van der Waals surface area (Å²) >= 11 is 0. The molecule has 2 aromatic rings. The van der Waals surface area contributed by atoms with Crippen molar-refractivity contribution in [2.24, 2.45) is 0 Å². The van der Waals surface area contributed by atoms with Crippen molar-refractivity contribution in [1.29, 1.82) is 0 Å². The molecule has 1 heterocycles. The van der Waals surface area contributed by atoms with Gasteiger partial charge in [0.05, 0.1) is 5.56 Å². The SMILES string of the molecule is CC(OC(=O)c1ccc(-c2ccccc2)cc1)C(=O)N1CCCC1. The summed E-state index contributed by atoms with van der Waals surface area (Å²) in [7, 11) is 0. The molecule has 2 aromatic carbocycles. The third kappa shape index (κ3) is 3.65. The average molecular weight is 323 g/mol. The Morgan fingerprint density at radius 2 is 1.50 bits per heavy atom. The van der Waals surface area contributed by atoms with Crippen LogP contribution in [-0.4, -0.2) is 36.0 Å². The molecule has 0 bridgehead atoms. The number of likely N-dealkylation sites (tertiary alicyclic amines) is 1. The first-order valence-corrected chi connectivity index (χ1v) is 8.30. The monoisotopic (exact) mass is 323 g/mol. The van der Waals surface area contributed by atoms with E-state index < -0.39 is 12.1 Å². The molecule has 1 unspecified atom stereocenters. The first-order valence-electron chi connectivity index (χ1n) is 8.30. The van der Waals surface area contributed by atoms with Crippen LogP contribution in [0.4, 0.5) is 0 Å². The smallest absolute Gasteiger partial charge is 0.338 e. The summed E-state index contributed by atoms with van der Waals surface area (Å²) in [5.74, 6) is -0.573. The molecule has 24 heavy (non-hydrogen) atoms. The van der Waals surface area contributed by atoms with E-state index in [0.29, 0.717) is 5.56 Å². The number of hydrogen-bond donors (Lipinski definition) is 0. The quantitative estimate of drug-likeness (QED) is 0.809. The van der Waals surface area contributed by atoms with Gasteiger partial charge in [-0.15, -0.1) is 0 Å². The van der Waals surface area contributed by atoms with Crippen molar-refractivity contribution < 1.29 is 14.3 Å². The van der Waals surface area contributed by atoms with Gasteiger partial charge in [-0.2, -0.15) is 0 Å². The molecule has 0 spiro atoms. The summed E-state index contributed by atoms with van der Waals surface area (Å²) in [4.78, 5) is 26.2. The van der Waals surface area contributed by atoms with Crippen molar-refractivity contribution in [2.45, 2.75) is 25.9 Å². The number of esters is 1. The van der Waals surface area contributed by atoms with Gasteiger partial charge < -0.3 is 9.64 Å². The maximum Gasteiger partial charge on any atom is 0.338 e. The van der Waals surface area contributed by atoms with Gasteiger partial charge in [0.2, 0.25) is 0 Å². The fourth-order valence-corrected chi connectivity index (χ4v) is 2.90. The fourth-order valence-electron chi connectivity index (χ4n) is 2.90. The highest BCUT2D eigenvalue weighted by molar-refractivity contribution is 5.92. The number of ether oxygens (including phenoxy) is 1. The van der Waals surface area contributed by atoms with Crippen LogP contribution in [0.2, 0.25) is 0 Å². The van der Waals surface area contributed by atoms with Crippen molar-refractivity contribution in [1.82, 2.24) is 4.90 Å². The van der Waals surface area contributed by atoms with E-state index >= 15 is 0 Å². The highest BCUT2D eigenvalue weighted by atomic mass is 16.5. The second kappa shape index (κ2) is 7.30. The molecule has 3 rings (SSSR count). The molecule has 0 saturated carbocycles. The molecule has 0 N–H and O–H groups in total. The second-order valence-electron chi connectivity index (χ2n) is 6.02. The van der Waals surface area contributed by atoms with E-state index in [1.54, 1.807) is 24.0 Å². The van der Waals surface area contributed by atoms with Gasteiger partial charge in [-0.25, -0.2) is 4.79 Å². The van der Waals surface area contributed by atoms with Crippen molar-refractivity contribution >= 4 is 11.9 Å². The van der Waals surface area contributed by atoms with Gasteiger partial charge >= 0.3 is 5.97 Å². The summed E-state index contributed by atoms with van der Waals surface area (Å²) in [5, 5.41) is 0. The van der Waals surface area contributed by atoms with Crippen LogP contribution in [0.1, 0.15) is 30.1 Å². The molecule has 1 atom stereocenters. The van der Waals surface area contributed by atoms with Crippen LogP contribution < -0.4 is 0 Å². The summed E-state index contributed by atoms with van der Waals surface area (Å²) in [5.41, 5.74) is 2.58. The van der Waals surface area contributed by atoms with E-state index in [-0.39, 0.29) is 5.91 Å². The zero-order valence-electron chi connectivity index (χ0n) is 13.8. The first kappa shape index (κ1) is 16.2. The van der Waals surface area contributed by atoms with Crippen LogP contribution >= 0.6 is 0 Å². The first-order chi connectivity index (χ1) is 11.6. The third-order valence-electron chi connectivity index (χ3n) is 4.28. The number of benzene rings is 2. The maximum absolute atomic E-state index is 12.2. The molecule has 1 aliphatic rings. The number of carbonyl (C=O) groups excluding carboxylic acids is 2. The maximum atomic E-state index is 12.2. The van der Waals surface area contributed by atoms with Crippen molar-refractivity contribution in [3.63, 3.8) is 0 Å². The molecule has 1 saturated heterocycles. The lowest BCUT2D eigenvalue weighted by Gasteiger charge is -2.20. The highest BCUT2D eigenvalue weighted by Crippen LogP contribution is 2.20. The lowest BCUT2D eigenvalue weighted by atomic mass is 10.0. The molecule has 4 heteroatoms. The molecule has 1 amide bonds. The largest absolute Gasteiger partial charge is 0.449 e. The van der Waals surface area contributed by atoms with E-state index in [1.165, 1.54) is 0 Å². The van der Waals surface area contributed by atoms with Crippen LogP contribution in [0, 0.1) is 0 Å². The van der Waals surface area contributed by atoms with Crippen LogP contribution in [0.5, 0.6) is 0 Å². The van der Waals surface area contributed by atoms with Gasteiger partial charge in [-0.3, -0.25) is 4.79 Å². The Balaban J connectivity index is 1.63. The molecule has 4 nitrogen and oxygen atoms in total. The van der Waals surface area contributed by atoms with E-state index in [4.69, 9.17) is 4.74 Å². The minimum Gasteiger partial charge on any atom is -0.449 e. The van der Waals surface area contributed by atoms with Crippen LogP contribution in [0.15, 0.2) is 54.6 Å². The lowest BCUT2D eigenvalue weighted by Crippen LogP contribution is -2.38. The van der Waals surface area contributed by atoms with Gasteiger partial charge in [0, 0.05) is 13.1 Å². The molecule has 0 aliphatic carbocycles. The zero-order chi connectivity index (χ0) is 16.9. The number of carbonyl (C=O) groups is 2. The Morgan fingerprint density at radius 1 is 0.917 bits per heavy atom. The topological polar surface area (TPSA) is 46.6 Å². The van der Waals surface area contributed by atoms with E-state index in [2.05, 4.69) is 0 Å². The number of amides is 1. The summed E-state index contributed by atoms with van der Waals surface area (Å²) < 4.78 is 5.33. The van der Waals surface area contributed by atoms with Crippen LogP contribution in [-0.2, 0) is 9.53 Å². The molecular weight excluding hydrogens is 302 g/mol. The van der Waals surface area contributed by atoms with E-state index in [9.17, 15) is 9.59 Å². The van der Waals surface area contributed by atoms with Crippen molar-refractivity contribution in [3.8, 4) is 11.1 Å². The fraction of sp³-hybridized carbons (Fsp3) is 0.300. The number of hydrogen-bond acceptors (Lipinski definition) is 3. The Hall–Kier alpha value is -2.62. The third-order valence-corrected chi connectivity index (χ3v) is 4.28. The summed E-state index contributed by atoms with van der Waals surface area (Å²) in [6.07, 6.45) is 1.30.